The molecule has 1 saturated carbocycles. The van der Waals surface area contributed by atoms with Gasteiger partial charge < -0.3 is 14.8 Å². The second kappa shape index (κ2) is 8.08. The fourth-order valence-electron chi connectivity index (χ4n) is 3.18. The van der Waals surface area contributed by atoms with Crippen LogP contribution in [0.1, 0.15) is 41.6 Å². The van der Waals surface area contributed by atoms with E-state index >= 15 is 0 Å². The van der Waals surface area contributed by atoms with E-state index in [1.165, 1.54) is 19.2 Å². The standard InChI is InChI=1S/C20H19F4NO3/c1-27-17-11-15(21)13(10-18(17)28-12-6-2-3-7-12)19(26)25-16-9-5-4-8-14(16)20(22,23)24/h4-5,8-12H,2-3,6-7H2,1H3,(H,25,26). The van der Waals surface area contributed by atoms with Gasteiger partial charge in [0.25, 0.3) is 5.91 Å². The molecule has 28 heavy (non-hydrogen) atoms. The predicted molar refractivity (Wildman–Crippen MR) is 95.2 cm³/mol. The van der Waals surface area contributed by atoms with Gasteiger partial charge in [-0.1, -0.05) is 12.1 Å². The molecule has 1 N–H and O–H groups in total. The molecule has 1 fully saturated rings. The van der Waals surface area contributed by atoms with Gasteiger partial charge in [-0.3, -0.25) is 4.79 Å². The zero-order valence-electron chi connectivity index (χ0n) is 15.1. The molecule has 0 aromatic heterocycles. The highest BCUT2D eigenvalue weighted by atomic mass is 19.4. The van der Waals surface area contributed by atoms with E-state index in [2.05, 4.69) is 5.32 Å². The van der Waals surface area contributed by atoms with Crippen molar-refractivity contribution in [1.29, 1.82) is 0 Å². The highest BCUT2D eigenvalue weighted by Crippen LogP contribution is 2.36. The summed E-state index contributed by atoms with van der Waals surface area (Å²) in [5.41, 5.74) is -1.89. The molecule has 0 bridgehead atoms. The molecular weight excluding hydrogens is 378 g/mol. The van der Waals surface area contributed by atoms with Crippen LogP contribution < -0.4 is 14.8 Å². The molecule has 0 heterocycles. The van der Waals surface area contributed by atoms with Gasteiger partial charge in [0, 0.05) is 6.07 Å². The topological polar surface area (TPSA) is 47.6 Å². The van der Waals surface area contributed by atoms with E-state index in [0.29, 0.717) is 0 Å². The van der Waals surface area contributed by atoms with E-state index in [9.17, 15) is 22.4 Å². The number of rotatable bonds is 5. The SMILES string of the molecule is COc1cc(F)c(C(=O)Nc2ccccc2C(F)(F)F)cc1OC1CCCC1. The zero-order chi connectivity index (χ0) is 20.3. The molecule has 4 nitrogen and oxygen atoms in total. The third-order valence-corrected chi connectivity index (χ3v) is 4.57. The smallest absolute Gasteiger partial charge is 0.418 e. The van der Waals surface area contributed by atoms with Crippen molar-refractivity contribution in [3.05, 3.63) is 53.3 Å². The first-order valence-electron chi connectivity index (χ1n) is 8.81. The maximum absolute atomic E-state index is 14.4. The molecule has 3 rings (SSSR count). The van der Waals surface area contributed by atoms with E-state index < -0.39 is 34.7 Å². The zero-order valence-corrected chi connectivity index (χ0v) is 15.1. The van der Waals surface area contributed by atoms with Gasteiger partial charge >= 0.3 is 6.18 Å². The highest BCUT2D eigenvalue weighted by Gasteiger charge is 2.34. The number of carbonyl (C=O) groups excluding carboxylic acids is 1. The Morgan fingerprint density at radius 2 is 1.79 bits per heavy atom. The monoisotopic (exact) mass is 397 g/mol. The minimum absolute atomic E-state index is 0.0683. The molecule has 1 amide bonds. The maximum atomic E-state index is 14.4. The number of hydrogen-bond acceptors (Lipinski definition) is 3. The van der Waals surface area contributed by atoms with Crippen LogP contribution in [0.4, 0.5) is 23.2 Å². The Morgan fingerprint density at radius 1 is 1.11 bits per heavy atom. The number of benzene rings is 2. The van der Waals surface area contributed by atoms with Gasteiger partial charge in [0.2, 0.25) is 0 Å². The molecule has 0 spiro atoms. The lowest BCUT2D eigenvalue weighted by atomic mass is 10.1. The van der Waals surface area contributed by atoms with Gasteiger partial charge in [-0.25, -0.2) is 4.39 Å². The summed E-state index contributed by atoms with van der Waals surface area (Å²) in [6.07, 6.45) is -1.03. The van der Waals surface area contributed by atoms with Crippen LogP contribution in [-0.2, 0) is 6.18 Å². The molecule has 8 heteroatoms. The van der Waals surface area contributed by atoms with Crippen LogP contribution in [0.5, 0.6) is 11.5 Å². The van der Waals surface area contributed by atoms with Crippen molar-refractivity contribution in [3.8, 4) is 11.5 Å². The van der Waals surface area contributed by atoms with Crippen molar-refractivity contribution < 1.29 is 31.8 Å². The van der Waals surface area contributed by atoms with Crippen LogP contribution in [0.25, 0.3) is 0 Å². The summed E-state index contributed by atoms with van der Waals surface area (Å²) in [7, 11) is 1.34. The highest BCUT2D eigenvalue weighted by molar-refractivity contribution is 6.05. The van der Waals surface area contributed by atoms with Crippen molar-refractivity contribution in [3.63, 3.8) is 0 Å². The number of halogens is 4. The Kier molecular flexibility index (Phi) is 5.76. The average Bonchev–Trinajstić information content (AvgIpc) is 3.15. The van der Waals surface area contributed by atoms with Crippen molar-refractivity contribution in [1.82, 2.24) is 0 Å². The largest absolute Gasteiger partial charge is 0.493 e. The molecular formula is C20H19F4NO3. The number of anilines is 1. The number of carbonyl (C=O) groups is 1. The third-order valence-electron chi connectivity index (χ3n) is 4.57. The van der Waals surface area contributed by atoms with Crippen LogP contribution in [0.2, 0.25) is 0 Å². The first kappa shape index (κ1) is 20.0. The van der Waals surface area contributed by atoms with Gasteiger partial charge in [-0.2, -0.15) is 13.2 Å². The van der Waals surface area contributed by atoms with Crippen LogP contribution in [0.3, 0.4) is 0 Å². The van der Waals surface area contributed by atoms with E-state index in [4.69, 9.17) is 9.47 Å². The summed E-state index contributed by atoms with van der Waals surface area (Å²) in [6, 6.07) is 6.67. The molecule has 0 aliphatic heterocycles. The van der Waals surface area contributed by atoms with Gasteiger partial charge in [0.05, 0.1) is 30.0 Å². The van der Waals surface area contributed by atoms with Crippen LogP contribution in [0.15, 0.2) is 36.4 Å². The summed E-state index contributed by atoms with van der Waals surface area (Å²) in [4.78, 5) is 12.5. The Morgan fingerprint density at radius 3 is 2.43 bits per heavy atom. The summed E-state index contributed by atoms with van der Waals surface area (Å²) < 4.78 is 64.7. The molecule has 0 radical (unpaired) electrons. The van der Waals surface area contributed by atoms with Gasteiger partial charge in [-0.05, 0) is 43.9 Å². The first-order valence-corrected chi connectivity index (χ1v) is 8.81. The third kappa shape index (κ3) is 4.37. The fourth-order valence-corrected chi connectivity index (χ4v) is 3.18. The minimum Gasteiger partial charge on any atom is -0.493 e. The van der Waals surface area contributed by atoms with E-state index in [0.717, 1.165) is 49.9 Å². The number of hydrogen-bond donors (Lipinski definition) is 1. The van der Waals surface area contributed by atoms with Gasteiger partial charge in [0.15, 0.2) is 11.5 Å². The fraction of sp³-hybridized carbons (Fsp3) is 0.350. The molecule has 150 valence electrons. The van der Waals surface area contributed by atoms with Crippen molar-refractivity contribution in [2.45, 2.75) is 38.0 Å². The normalized spacial score (nSPS) is 14.8. The minimum atomic E-state index is -4.65. The quantitative estimate of drug-likeness (QED) is 0.685. The Balaban J connectivity index is 1.89. The number of alkyl halides is 3. The molecule has 2 aromatic rings. The van der Waals surface area contributed by atoms with Crippen LogP contribution >= 0.6 is 0 Å². The maximum Gasteiger partial charge on any atom is 0.418 e. The lowest BCUT2D eigenvalue weighted by Crippen LogP contribution is -2.18. The van der Waals surface area contributed by atoms with Crippen molar-refractivity contribution in [2.75, 3.05) is 12.4 Å². The molecule has 0 saturated heterocycles. The lowest BCUT2D eigenvalue weighted by molar-refractivity contribution is -0.136. The first-order chi connectivity index (χ1) is 13.3. The second-order valence-corrected chi connectivity index (χ2v) is 6.50. The summed E-state index contributed by atoms with van der Waals surface area (Å²) in [6.45, 7) is 0. The summed E-state index contributed by atoms with van der Waals surface area (Å²) in [5, 5.41) is 2.14. The Bertz CT molecular complexity index is 861. The number of nitrogens with one attached hydrogen (secondary N) is 1. The predicted octanol–water partition coefficient (Wildman–Crippen LogP) is 5.43. The molecule has 1 aliphatic carbocycles. The van der Waals surface area contributed by atoms with Gasteiger partial charge in [-0.15, -0.1) is 0 Å². The number of amides is 1. The number of para-hydroxylation sites is 1. The van der Waals surface area contributed by atoms with E-state index in [1.54, 1.807) is 0 Å². The second-order valence-electron chi connectivity index (χ2n) is 6.50. The number of methoxy groups -OCH3 is 1. The Labute approximate surface area is 159 Å². The van der Waals surface area contributed by atoms with E-state index in [1.807, 2.05) is 0 Å². The Hall–Kier alpha value is -2.77. The number of ether oxygens (including phenoxy) is 2. The molecule has 0 atom stereocenters. The average molecular weight is 397 g/mol. The van der Waals surface area contributed by atoms with Crippen molar-refractivity contribution in [2.24, 2.45) is 0 Å². The summed E-state index contributed by atoms with van der Waals surface area (Å²) in [5.74, 6) is -1.62. The summed E-state index contributed by atoms with van der Waals surface area (Å²) >= 11 is 0. The van der Waals surface area contributed by atoms with Crippen LogP contribution in [0, 0.1) is 5.82 Å². The molecule has 2 aromatic carbocycles. The van der Waals surface area contributed by atoms with E-state index in [-0.39, 0.29) is 17.6 Å². The molecule has 0 unspecified atom stereocenters. The van der Waals surface area contributed by atoms with Crippen molar-refractivity contribution >= 4 is 11.6 Å². The molecule has 1 aliphatic rings. The van der Waals surface area contributed by atoms with Crippen LogP contribution in [-0.4, -0.2) is 19.1 Å². The van der Waals surface area contributed by atoms with Gasteiger partial charge in [0.1, 0.15) is 5.82 Å². The lowest BCUT2D eigenvalue weighted by Gasteiger charge is -2.18.